The second-order valence-electron chi connectivity index (χ2n) is 6.77. The summed E-state index contributed by atoms with van der Waals surface area (Å²) in [7, 11) is -1.77. The zero-order valence-corrected chi connectivity index (χ0v) is 17.1. The zero-order valence-electron chi connectivity index (χ0n) is 15.6. The van der Waals surface area contributed by atoms with Crippen LogP contribution in [0.3, 0.4) is 0 Å². The summed E-state index contributed by atoms with van der Waals surface area (Å²) in [6, 6.07) is 5.84. The summed E-state index contributed by atoms with van der Waals surface area (Å²) in [4.78, 5) is 26.1. The first kappa shape index (κ1) is 20.3. The van der Waals surface area contributed by atoms with Crippen LogP contribution in [0.25, 0.3) is 0 Å². The number of carbonyl (C=O) groups excluding carboxylic acids is 2. The predicted octanol–water partition coefficient (Wildman–Crippen LogP) is 1.64. The van der Waals surface area contributed by atoms with Crippen LogP contribution in [-0.4, -0.2) is 53.8 Å². The second-order valence-corrected chi connectivity index (χ2v) is 9.32. The van der Waals surface area contributed by atoms with Gasteiger partial charge in [0.05, 0.1) is 34.1 Å². The summed E-state index contributed by atoms with van der Waals surface area (Å²) in [5.41, 5.74) is 1.49. The molecule has 1 aliphatic rings. The van der Waals surface area contributed by atoms with Gasteiger partial charge < -0.3 is 10.2 Å². The molecule has 0 bridgehead atoms. The van der Waals surface area contributed by atoms with Crippen molar-refractivity contribution in [3.05, 3.63) is 41.2 Å². The fraction of sp³-hybridized carbons (Fsp3) is 0.389. The quantitative estimate of drug-likeness (QED) is 0.759. The number of nitrogens with zero attached hydrogens (tertiary/aromatic N) is 3. The number of amides is 2. The van der Waals surface area contributed by atoms with Crippen LogP contribution >= 0.6 is 11.6 Å². The number of aryl methyl sites for hydroxylation is 1. The fourth-order valence-electron chi connectivity index (χ4n) is 2.84. The maximum absolute atomic E-state index is 12.3. The molecule has 28 heavy (non-hydrogen) atoms. The van der Waals surface area contributed by atoms with Crippen molar-refractivity contribution in [3.8, 4) is 0 Å². The molecular weight excluding hydrogens is 404 g/mol. The minimum Gasteiger partial charge on any atom is -0.341 e. The molecule has 8 nitrogen and oxygen atoms in total. The minimum atomic E-state index is -3.56. The van der Waals surface area contributed by atoms with E-state index in [1.165, 1.54) is 29.2 Å². The largest absolute Gasteiger partial charge is 0.341 e. The van der Waals surface area contributed by atoms with Crippen molar-refractivity contribution in [3.63, 3.8) is 0 Å². The third kappa shape index (κ3) is 4.36. The third-order valence-electron chi connectivity index (χ3n) is 4.86. The van der Waals surface area contributed by atoms with E-state index in [1.807, 2.05) is 6.92 Å². The molecule has 2 aromatic rings. The van der Waals surface area contributed by atoms with E-state index in [2.05, 4.69) is 10.4 Å². The van der Waals surface area contributed by atoms with Crippen LogP contribution in [0.5, 0.6) is 0 Å². The van der Waals surface area contributed by atoms with E-state index < -0.39 is 9.84 Å². The number of likely N-dealkylation sites (tertiary alicyclic amines) is 1. The number of benzene rings is 1. The van der Waals surface area contributed by atoms with Crippen LogP contribution in [0.15, 0.2) is 35.4 Å². The monoisotopic (exact) mass is 424 g/mol. The van der Waals surface area contributed by atoms with Crippen LogP contribution in [0.2, 0.25) is 5.02 Å². The number of carbonyl (C=O) groups is 2. The lowest BCUT2D eigenvalue weighted by molar-refractivity contribution is -0.140. The Bertz CT molecular complexity index is 995. The van der Waals surface area contributed by atoms with Crippen LogP contribution in [0.1, 0.15) is 12.1 Å². The van der Waals surface area contributed by atoms with Crippen molar-refractivity contribution in [2.75, 3.05) is 24.2 Å². The van der Waals surface area contributed by atoms with Gasteiger partial charge in [-0.1, -0.05) is 11.6 Å². The Morgan fingerprint density at radius 1 is 1.25 bits per heavy atom. The molecule has 0 aliphatic carbocycles. The third-order valence-corrected chi connectivity index (χ3v) is 6.84. The van der Waals surface area contributed by atoms with Crippen molar-refractivity contribution < 1.29 is 18.0 Å². The van der Waals surface area contributed by atoms with E-state index in [9.17, 15) is 18.0 Å². The van der Waals surface area contributed by atoms with Crippen molar-refractivity contribution in [2.45, 2.75) is 18.2 Å². The maximum Gasteiger partial charge on any atom is 0.231 e. The minimum absolute atomic E-state index is 0.124. The van der Waals surface area contributed by atoms with Crippen LogP contribution in [-0.2, 0) is 26.5 Å². The van der Waals surface area contributed by atoms with Crippen molar-refractivity contribution in [1.82, 2.24) is 14.7 Å². The van der Waals surface area contributed by atoms with Gasteiger partial charge >= 0.3 is 0 Å². The number of sulfone groups is 1. The predicted molar refractivity (Wildman–Crippen MR) is 105 cm³/mol. The molecule has 1 fully saturated rings. The highest BCUT2D eigenvalue weighted by Crippen LogP contribution is 2.21. The molecule has 0 radical (unpaired) electrons. The first-order chi connectivity index (χ1) is 13.2. The summed E-state index contributed by atoms with van der Waals surface area (Å²) in [5.74, 6) is -1.04. The number of rotatable bonds is 6. The summed E-state index contributed by atoms with van der Waals surface area (Å²) < 4.78 is 26.3. The second kappa shape index (κ2) is 7.92. The molecule has 0 atom stereocenters. The average molecular weight is 425 g/mol. The molecule has 1 aromatic heterocycles. The Balaban J connectivity index is 1.47. The highest BCUT2D eigenvalue weighted by atomic mass is 35.5. The van der Waals surface area contributed by atoms with Gasteiger partial charge in [-0.2, -0.15) is 5.10 Å². The molecule has 0 spiro atoms. The smallest absolute Gasteiger partial charge is 0.231 e. The van der Waals surface area contributed by atoms with Gasteiger partial charge in [-0.05, 0) is 31.2 Å². The van der Waals surface area contributed by atoms with E-state index in [4.69, 9.17) is 11.6 Å². The first-order valence-corrected chi connectivity index (χ1v) is 10.8. The van der Waals surface area contributed by atoms with E-state index in [0.717, 1.165) is 5.69 Å². The SMILES string of the molecule is Cc1c(NC(=O)C2CN(C(=O)CCS(=O)(=O)c3ccc(Cl)cc3)C2)cnn1C. The Kier molecular flexibility index (Phi) is 5.76. The maximum atomic E-state index is 12.3. The van der Waals surface area contributed by atoms with E-state index in [0.29, 0.717) is 10.7 Å². The normalized spacial score (nSPS) is 14.6. The number of halogens is 1. The number of hydrogen-bond acceptors (Lipinski definition) is 5. The molecular formula is C18H21ClN4O4S. The lowest BCUT2D eigenvalue weighted by Gasteiger charge is -2.38. The van der Waals surface area contributed by atoms with Crippen molar-refractivity contribution in [2.24, 2.45) is 13.0 Å². The lowest BCUT2D eigenvalue weighted by Crippen LogP contribution is -2.54. The molecule has 1 saturated heterocycles. The van der Waals surface area contributed by atoms with Gasteiger partial charge in [-0.3, -0.25) is 14.3 Å². The van der Waals surface area contributed by atoms with Crippen LogP contribution < -0.4 is 5.32 Å². The number of anilines is 1. The molecule has 2 amide bonds. The van der Waals surface area contributed by atoms with Gasteiger partial charge in [0.25, 0.3) is 0 Å². The summed E-state index contributed by atoms with van der Waals surface area (Å²) in [6.07, 6.45) is 1.46. The Hall–Kier alpha value is -2.39. The van der Waals surface area contributed by atoms with E-state index >= 15 is 0 Å². The highest BCUT2D eigenvalue weighted by molar-refractivity contribution is 7.91. The van der Waals surface area contributed by atoms with Gasteiger partial charge in [-0.25, -0.2) is 8.42 Å². The summed E-state index contributed by atoms with van der Waals surface area (Å²) in [5, 5.41) is 7.32. The number of nitrogens with one attached hydrogen (secondary N) is 1. The number of hydrogen-bond donors (Lipinski definition) is 1. The van der Waals surface area contributed by atoms with Crippen molar-refractivity contribution in [1.29, 1.82) is 0 Å². The standard InChI is InChI=1S/C18H21ClN4O4S/c1-12-16(9-20-22(12)2)21-18(25)13-10-23(11-13)17(24)7-8-28(26,27)15-5-3-14(19)4-6-15/h3-6,9,13H,7-8,10-11H2,1-2H3,(H,21,25). The molecule has 2 heterocycles. The molecule has 1 aliphatic heterocycles. The van der Waals surface area contributed by atoms with Crippen molar-refractivity contribution >= 4 is 38.9 Å². The van der Waals surface area contributed by atoms with E-state index in [1.54, 1.807) is 17.9 Å². The average Bonchev–Trinajstić information content (AvgIpc) is 2.91. The molecule has 0 unspecified atom stereocenters. The summed E-state index contributed by atoms with van der Waals surface area (Å²) in [6.45, 7) is 2.41. The molecule has 150 valence electrons. The topological polar surface area (TPSA) is 101 Å². The van der Waals surface area contributed by atoms with Gasteiger partial charge in [-0.15, -0.1) is 0 Å². The number of aromatic nitrogens is 2. The molecule has 1 N–H and O–H groups in total. The fourth-order valence-corrected chi connectivity index (χ4v) is 4.20. The lowest BCUT2D eigenvalue weighted by atomic mass is 9.98. The Labute approximate surface area is 168 Å². The van der Waals surface area contributed by atoms with Gasteiger partial charge in [0, 0.05) is 31.6 Å². The Morgan fingerprint density at radius 2 is 1.89 bits per heavy atom. The van der Waals surface area contributed by atoms with Crippen LogP contribution in [0.4, 0.5) is 5.69 Å². The molecule has 3 rings (SSSR count). The molecule has 10 heteroatoms. The Morgan fingerprint density at radius 3 is 2.46 bits per heavy atom. The summed E-state index contributed by atoms with van der Waals surface area (Å²) >= 11 is 5.76. The zero-order chi connectivity index (χ0) is 20.5. The first-order valence-electron chi connectivity index (χ1n) is 8.73. The van der Waals surface area contributed by atoms with E-state index in [-0.39, 0.29) is 47.9 Å². The van der Waals surface area contributed by atoms with Gasteiger partial charge in [0.1, 0.15) is 0 Å². The van der Waals surface area contributed by atoms with Crippen LogP contribution in [0, 0.1) is 12.8 Å². The highest BCUT2D eigenvalue weighted by Gasteiger charge is 2.36. The molecule has 1 aromatic carbocycles. The molecule has 0 saturated carbocycles. The van der Waals surface area contributed by atoms with Gasteiger partial charge in [0.15, 0.2) is 9.84 Å². The van der Waals surface area contributed by atoms with Gasteiger partial charge in [0.2, 0.25) is 11.8 Å².